The van der Waals surface area contributed by atoms with Crippen molar-refractivity contribution < 1.29 is 4.74 Å². The average Bonchev–Trinajstić information content (AvgIpc) is 3.27. The van der Waals surface area contributed by atoms with Gasteiger partial charge in [-0.15, -0.1) is 0 Å². The van der Waals surface area contributed by atoms with Gasteiger partial charge in [-0.05, 0) is 31.5 Å². The molecule has 0 fully saturated rings. The molecular weight excluding hydrogens is 420 g/mol. The molecule has 0 saturated heterocycles. The Bertz CT molecular complexity index is 1300. The number of fused-ring (bicyclic) bond motifs is 1. The van der Waals surface area contributed by atoms with Gasteiger partial charge in [-0.25, -0.2) is 15.0 Å². The van der Waals surface area contributed by atoms with Crippen molar-refractivity contribution in [2.45, 2.75) is 32.5 Å². The van der Waals surface area contributed by atoms with Crippen molar-refractivity contribution in [3.05, 3.63) is 59.2 Å². The van der Waals surface area contributed by atoms with E-state index in [0.717, 1.165) is 16.9 Å². The molecule has 0 bridgehead atoms. The number of ether oxygens (including phenoxy) is 1. The predicted octanol–water partition coefficient (Wildman–Crippen LogP) is 2.09. The van der Waals surface area contributed by atoms with Gasteiger partial charge >= 0.3 is 0 Å². The lowest BCUT2D eigenvalue weighted by Crippen LogP contribution is -2.32. The maximum absolute atomic E-state index is 9.52. The number of guanidine groups is 1. The first-order valence-corrected chi connectivity index (χ1v) is 10.1. The Morgan fingerprint density at radius 1 is 1.30 bits per heavy atom. The zero-order valence-corrected chi connectivity index (χ0v) is 18.1. The van der Waals surface area contributed by atoms with Gasteiger partial charge in [0.1, 0.15) is 35.1 Å². The number of pyridine rings is 1. The lowest BCUT2D eigenvalue weighted by molar-refractivity contribution is 0.239. The van der Waals surface area contributed by atoms with Gasteiger partial charge in [-0.3, -0.25) is 5.32 Å². The molecule has 4 rings (SSSR count). The fraction of sp³-hybridized carbons (Fsp3) is 0.227. The molecule has 0 radical (unpaired) electrons. The maximum atomic E-state index is 9.52. The first kappa shape index (κ1) is 21.5. The first-order chi connectivity index (χ1) is 15.9. The van der Waals surface area contributed by atoms with E-state index >= 15 is 0 Å². The minimum absolute atomic E-state index is 0.000291. The van der Waals surface area contributed by atoms with Crippen LogP contribution in [0.3, 0.4) is 0 Å². The highest BCUT2D eigenvalue weighted by molar-refractivity contribution is 5.98. The van der Waals surface area contributed by atoms with E-state index in [1.807, 2.05) is 55.1 Å². The molecule has 0 amide bonds. The highest BCUT2D eigenvalue weighted by atomic mass is 16.5. The fourth-order valence-electron chi connectivity index (χ4n) is 3.66. The summed E-state index contributed by atoms with van der Waals surface area (Å²) < 4.78 is 7.94. The molecule has 1 atom stereocenters. The van der Waals surface area contributed by atoms with Gasteiger partial charge < -0.3 is 26.1 Å². The molecule has 11 nitrogen and oxygen atoms in total. The van der Waals surface area contributed by atoms with Crippen LogP contribution in [0.1, 0.15) is 42.1 Å². The third kappa shape index (κ3) is 4.20. The molecule has 0 aliphatic carbocycles. The molecule has 1 aliphatic heterocycles. The summed E-state index contributed by atoms with van der Waals surface area (Å²) in [5.74, 6) is 1.27. The molecule has 3 aromatic rings. The van der Waals surface area contributed by atoms with Crippen LogP contribution in [0.25, 0.3) is 0 Å². The number of imidazole rings is 1. The molecule has 11 heteroatoms. The highest BCUT2D eigenvalue weighted by Crippen LogP contribution is 2.41. The molecule has 1 unspecified atom stereocenters. The van der Waals surface area contributed by atoms with Crippen LogP contribution in [0.2, 0.25) is 0 Å². The standard InChI is InChI=1S/C22H22N10O/c1-12(2)33-16-4-3-13(7-14(16)9-32-6-5-27-11-32)19-17-18(25)15(8-23)20(26)30-21(17)31-22(29-19)28-10-24/h3-7,11-12,19H,9H2,1-2H3,(H6,25,26,28,29,30,31). The van der Waals surface area contributed by atoms with Crippen LogP contribution >= 0.6 is 0 Å². The number of nitrogens with two attached hydrogens (primary N) is 2. The van der Waals surface area contributed by atoms with E-state index in [0.29, 0.717) is 17.9 Å². The molecule has 2 aromatic heterocycles. The number of benzene rings is 1. The Labute approximate surface area is 190 Å². The van der Waals surface area contributed by atoms with Crippen molar-refractivity contribution in [2.75, 3.05) is 16.8 Å². The maximum Gasteiger partial charge on any atom is 0.211 e. The third-order valence-corrected chi connectivity index (χ3v) is 5.03. The van der Waals surface area contributed by atoms with Gasteiger partial charge in [0.15, 0.2) is 6.19 Å². The number of nitrogen functional groups attached to an aromatic ring is 2. The van der Waals surface area contributed by atoms with Gasteiger partial charge in [0, 0.05) is 23.5 Å². The second-order valence-electron chi connectivity index (χ2n) is 7.67. The molecule has 1 aliphatic rings. The van der Waals surface area contributed by atoms with Gasteiger partial charge in [-0.2, -0.15) is 10.5 Å². The Morgan fingerprint density at radius 3 is 2.79 bits per heavy atom. The number of aliphatic imine (C=N–C) groups is 1. The Morgan fingerprint density at radius 2 is 2.12 bits per heavy atom. The summed E-state index contributed by atoms with van der Waals surface area (Å²) in [7, 11) is 0. The van der Waals surface area contributed by atoms with Gasteiger partial charge in [0.2, 0.25) is 5.96 Å². The third-order valence-electron chi connectivity index (χ3n) is 5.03. The monoisotopic (exact) mass is 442 g/mol. The van der Waals surface area contributed by atoms with Gasteiger partial charge in [0.05, 0.1) is 24.7 Å². The quantitative estimate of drug-likeness (QED) is 0.340. The number of hydrogen-bond donors (Lipinski definition) is 4. The number of hydrogen-bond acceptors (Lipinski definition) is 10. The van der Waals surface area contributed by atoms with Crippen molar-refractivity contribution in [3.8, 4) is 18.0 Å². The fourth-order valence-corrected chi connectivity index (χ4v) is 3.66. The van der Waals surface area contributed by atoms with E-state index in [1.54, 1.807) is 12.5 Å². The van der Waals surface area contributed by atoms with Crippen LogP contribution in [-0.2, 0) is 6.54 Å². The molecule has 1 aromatic carbocycles. The average molecular weight is 442 g/mol. The van der Waals surface area contributed by atoms with E-state index in [2.05, 4.69) is 25.6 Å². The summed E-state index contributed by atoms with van der Waals surface area (Å²) in [5, 5.41) is 24.0. The van der Waals surface area contributed by atoms with E-state index in [4.69, 9.17) is 21.5 Å². The smallest absolute Gasteiger partial charge is 0.211 e. The summed E-state index contributed by atoms with van der Waals surface area (Å²) in [6.07, 6.45) is 7.13. The lowest BCUT2D eigenvalue weighted by Gasteiger charge is -2.27. The molecule has 6 N–H and O–H groups in total. The predicted molar refractivity (Wildman–Crippen MR) is 123 cm³/mol. The van der Waals surface area contributed by atoms with E-state index in [-0.39, 0.29) is 29.1 Å². The van der Waals surface area contributed by atoms with E-state index < -0.39 is 6.04 Å². The number of rotatable bonds is 5. The number of aromatic nitrogens is 3. The second kappa shape index (κ2) is 8.77. The lowest BCUT2D eigenvalue weighted by atomic mass is 9.93. The van der Waals surface area contributed by atoms with Gasteiger partial charge in [-0.1, -0.05) is 6.07 Å². The van der Waals surface area contributed by atoms with Crippen LogP contribution in [0.5, 0.6) is 5.75 Å². The zero-order chi connectivity index (χ0) is 23.5. The van der Waals surface area contributed by atoms with Crippen molar-refractivity contribution in [2.24, 2.45) is 4.99 Å². The van der Waals surface area contributed by atoms with E-state index in [9.17, 15) is 5.26 Å². The summed E-state index contributed by atoms with van der Waals surface area (Å²) in [6, 6.07) is 7.10. The zero-order valence-electron chi connectivity index (χ0n) is 18.1. The molecule has 3 heterocycles. The minimum atomic E-state index is -0.632. The van der Waals surface area contributed by atoms with Crippen molar-refractivity contribution >= 4 is 23.3 Å². The van der Waals surface area contributed by atoms with Gasteiger partial charge in [0.25, 0.3) is 0 Å². The van der Waals surface area contributed by atoms with Crippen LogP contribution in [0, 0.1) is 22.8 Å². The number of nitriles is 2. The molecular formula is C22H22N10O. The molecule has 0 saturated carbocycles. The normalized spacial score (nSPS) is 14.5. The summed E-state index contributed by atoms with van der Waals surface area (Å²) in [6.45, 7) is 4.45. The molecule has 33 heavy (non-hydrogen) atoms. The highest BCUT2D eigenvalue weighted by Gasteiger charge is 2.30. The molecule has 166 valence electrons. The Kier molecular flexibility index (Phi) is 5.70. The summed E-state index contributed by atoms with van der Waals surface area (Å²) in [4.78, 5) is 13.0. The van der Waals surface area contributed by atoms with Crippen LogP contribution < -0.4 is 26.8 Å². The SMILES string of the molecule is CC(C)Oc1ccc(C2N=C(NC#N)Nc3nc(N)c(C#N)c(N)c32)cc1Cn1ccnc1. The van der Waals surface area contributed by atoms with Crippen LogP contribution in [0.4, 0.5) is 17.3 Å². The molecule has 0 spiro atoms. The minimum Gasteiger partial charge on any atom is -0.491 e. The van der Waals surface area contributed by atoms with Crippen LogP contribution in [-0.4, -0.2) is 26.6 Å². The van der Waals surface area contributed by atoms with E-state index in [1.165, 1.54) is 0 Å². The number of anilines is 3. The topological polar surface area (TPSA) is 176 Å². The number of nitrogens with one attached hydrogen (secondary N) is 2. The Hall–Kier alpha value is -4.77. The summed E-state index contributed by atoms with van der Waals surface area (Å²) >= 11 is 0. The van der Waals surface area contributed by atoms with Crippen molar-refractivity contribution in [1.82, 2.24) is 19.9 Å². The summed E-state index contributed by atoms with van der Waals surface area (Å²) in [5.41, 5.74) is 14.7. The second-order valence-corrected chi connectivity index (χ2v) is 7.67. The van der Waals surface area contributed by atoms with Crippen LogP contribution in [0.15, 0.2) is 41.9 Å². The number of nitrogens with zero attached hydrogens (tertiary/aromatic N) is 6. The Balaban J connectivity index is 1.87. The largest absolute Gasteiger partial charge is 0.491 e. The van der Waals surface area contributed by atoms with Crippen molar-refractivity contribution in [3.63, 3.8) is 0 Å². The van der Waals surface area contributed by atoms with Crippen molar-refractivity contribution in [1.29, 1.82) is 10.5 Å². The first-order valence-electron chi connectivity index (χ1n) is 10.1.